The Morgan fingerprint density at radius 1 is 0.846 bits per heavy atom. The molecule has 0 spiro atoms. The van der Waals surface area contributed by atoms with Crippen LogP contribution < -0.4 is 0 Å². The highest BCUT2D eigenvalue weighted by atomic mass is 32.2. The molecule has 4 aliphatic carbocycles. The first-order chi connectivity index (χ1) is 18.7. The monoisotopic (exact) mass is 539 g/mol. The number of aryl methyl sites for hydroxylation is 2. The van der Waals surface area contributed by atoms with E-state index in [1.165, 1.54) is 56.3 Å². The van der Waals surface area contributed by atoms with Crippen molar-refractivity contribution in [2.24, 2.45) is 11.8 Å². The minimum atomic E-state index is -4.35. The minimum Gasteiger partial charge on any atom is -0.353 e. The predicted octanol–water partition coefficient (Wildman–Crippen LogP) is 9.48. The number of fused-ring (bicyclic) bond motifs is 4. The maximum atomic E-state index is 13.4. The van der Waals surface area contributed by atoms with Crippen LogP contribution in [0.4, 0.5) is 13.2 Å². The molecule has 0 saturated carbocycles. The molecule has 5 heteroatoms. The van der Waals surface area contributed by atoms with Crippen LogP contribution in [0.15, 0.2) is 112 Å². The van der Waals surface area contributed by atoms with E-state index in [0.717, 1.165) is 18.4 Å². The van der Waals surface area contributed by atoms with Crippen LogP contribution in [0.2, 0.25) is 0 Å². The summed E-state index contributed by atoms with van der Waals surface area (Å²) in [5.74, 6) is 0.448. The van der Waals surface area contributed by atoms with Crippen molar-refractivity contribution in [3.8, 4) is 0 Å². The fraction of sp³-hybridized carbons (Fsp3) is 0.235. The van der Waals surface area contributed by atoms with Crippen molar-refractivity contribution in [3.63, 3.8) is 0 Å². The zero-order chi connectivity index (χ0) is 26.9. The first-order valence-corrected chi connectivity index (χ1v) is 14.3. The number of nitrogens with one attached hydrogen (secondary N) is 1. The number of hydrogen-bond donors (Lipinski definition) is 1. The summed E-state index contributed by atoms with van der Waals surface area (Å²) in [6.07, 6.45) is 19.9. The normalized spacial score (nSPS) is 25.2. The largest absolute Gasteiger partial charge is 0.416 e. The molecule has 7 rings (SSSR count). The Morgan fingerprint density at radius 2 is 1.72 bits per heavy atom. The van der Waals surface area contributed by atoms with Gasteiger partial charge in [0.15, 0.2) is 0 Å². The van der Waals surface area contributed by atoms with Crippen molar-refractivity contribution in [3.05, 3.63) is 135 Å². The molecular formula is C34H28F3NS. The molecule has 196 valence electrons. The van der Waals surface area contributed by atoms with E-state index >= 15 is 0 Å². The zero-order valence-corrected chi connectivity index (χ0v) is 22.6. The van der Waals surface area contributed by atoms with Crippen LogP contribution in [0.5, 0.6) is 0 Å². The van der Waals surface area contributed by atoms with Crippen LogP contribution in [0.25, 0.3) is 11.1 Å². The highest BCUT2D eigenvalue weighted by Gasteiger charge is 2.33. The number of benzene rings is 1. The maximum absolute atomic E-state index is 13.4. The first kappa shape index (κ1) is 24.6. The van der Waals surface area contributed by atoms with Gasteiger partial charge in [-0.25, -0.2) is 0 Å². The lowest BCUT2D eigenvalue weighted by molar-refractivity contribution is -0.137. The lowest BCUT2D eigenvalue weighted by Crippen LogP contribution is -2.09. The van der Waals surface area contributed by atoms with Gasteiger partial charge in [0.25, 0.3) is 0 Å². The number of alkyl halides is 3. The Hall–Kier alpha value is -3.44. The van der Waals surface area contributed by atoms with Crippen LogP contribution in [-0.4, -0.2) is 10.2 Å². The molecule has 3 atom stereocenters. The van der Waals surface area contributed by atoms with E-state index in [1.807, 2.05) is 23.9 Å². The molecule has 0 radical (unpaired) electrons. The summed E-state index contributed by atoms with van der Waals surface area (Å²) in [5, 5.41) is 1.81. The Kier molecular flexibility index (Phi) is 5.71. The minimum absolute atomic E-state index is 0.173. The fourth-order valence-corrected chi connectivity index (χ4v) is 7.58. The molecule has 1 aromatic heterocycles. The number of thioether (sulfide) groups is 1. The van der Waals surface area contributed by atoms with Crippen molar-refractivity contribution in [2.45, 2.75) is 43.1 Å². The van der Waals surface area contributed by atoms with E-state index in [1.54, 1.807) is 6.92 Å². The van der Waals surface area contributed by atoms with Gasteiger partial charge >= 0.3 is 6.18 Å². The second-order valence-corrected chi connectivity index (χ2v) is 12.2. The number of aromatic nitrogens is 1. The van der Waals surface area contributed by atoms with E-state index in [4.69, 9.17) is 0 Å². The summed E-state index contributed by atoms with van der Waals surface area (Å²) >= 11 is 1.94. The number of rotatable bonds is 3. The van der Waals surface area contributed by atoms with E-state index < -0.39 is 11.7 Å². The van der Waals surface area contributed by atoms with Gasteiger partial charge in [0.2, 0.25) is 0 Å². The third kappa shape index (κ3) is 4.47. The van der Waals surface area contributed by atoms with Crippen LogP contribution in [0.3, 0.4) is 0 Å². The second-order valence-electron chi connectivity index (χ2n) is 11.0. The molecule has 0 amide bonds. The number of allylic oxidation sites excluding steroid dienone is 15. The molecule has 1 aromatic carbocycles. The predicted molar refractivity (Wildman–Crippen MR) is 154 cm³/mol. The molecule has 1 N–H and O–H groups in total. The molecular weight excluding hydrogens is 511 g/mol. The zero-order valence-electron chi connectivity index (χ0n) is 21.8. The van der Waals surface area contributed by atoms with Gasteiger partial charge in [-0.15, -0.1) is 0 Å². The Labute approximate surface area is 231 Å². The molecule has 1 aliphatic heterocycles. The summed E-state index contributed by atoms with van der Waals surface area (Å²) in [6, 6.07) is 6.56. The van der Waals surface area contributed by atoms with E-state index in [2.05, 4.69) is 72.7 Å². The molecule has 0 bridgehead atoms. The highest BCUT2D eigenvalue weighted by Crippen LogP contribution is 2.50. The van der Waals surface area contributed by atoms with Gasteiger partial charge in [-0.3, -0.25) is 0 Å². The van der Waals surface area contributed by atoms with E-state index in [9.17, 15) is 13.2 Å². The van der Waals surface area contributed by atoms with Crippen LogP contribution in [0, 0.1) is 25.7 Å². The lowest BCUT2D eigenvalue weighted by Gasteiger charge is -2.24. The third-order valence-electron chi connectivity index (χ3n) is 8.20. The molecule has 39 heavy (non-hydrogen) atoms. The summed E-state index contributed by atoms with van der Waals surface area (Å²) in [5.41, 5.74) is 10.5. The standard InChI is InChI=1S/C34H28F3NS/c1-19-11-28(17-29(12-19)34(35,36)37)26-8-7-23-14-21(3-4-24(23)16-26)22-5-6-25(15-22)27-9-10-32-30(18-27)31-13-20(2)38-33(31)39-32/h3,5-9,11-18,24-25,32,38H,4,10H2,1-2H3. The fourth-order valence-electron chi connectivity index (χ4n) is 6.26. The average Bonchev–Trinajstić information content (AvgIpc) is 3.62. The van der Waals surface area contributed by atoms with E-state index in [0.29, 0.717) is 16.4 Å². The van der Waals surface area contributed by atoms with Crippen molar-refractivity contribution >= 4 is 22.9 Å². The number of H-pyrrole nitrogens is 1. The first-order valence-electron chi connectivity index (χ1n) is 13.4. The topological polar surface area (TPSA) is 15.8 Å². The van der Waals surface area contributed by atoms with Crippen molar-refractivity contribution < 1.29 is 13.2 Å². The highest BCUT2D eigenvalue weighted by molar-refractivity contribution is 8.00. The van der Waals surface area contributed by atoms with Crippen molar-refractivity contribution in [1.82, 2.24) is 4.98 Å². The van der Waals surface area contributed by atoms with Gasteiger partial charge in [0, 0.05) is 28.3 Å². The molecule has 1 nitrogen and oxygen atoms in total. The van der Waals surface area contributed by atoms with Gasteiger partial charge in [0.1, 0.15) is 0 Å². The Balaban J connectivity index is 1.09. The number of hydrogen-bond acceptors (Lipinski definition) is 1. The third-order valence-corrected chi connectivity index (χ3v) is 9.49. The molecule has 5 aliphatic rings. The Bertz CT molecular complexity index is 1650. The molecule has 2 heterocycles. The van der Waals surface area contributed by atoms with Crippen LogP contribution in [-0.2, 0) is 6.18 Å². The van der Waals surface area contributed by atoms with Gasteiger partial charge in [-0.1, -0.05) is 78.6 Å². The SMILES string of the molecule is Cc1cc(C2=CC3CC=C(C4=CC(C5=CCC6Sc7[nH]c(C)cc7C6=C5)C=C4)C=C3C=C2)cc(C(F)(F)F)c1. The van der Waals surface area contributed by atoms with Gasteiger partial charge < -0.3 is 4.98 Å². The Morgan fingerprint density at radius 3 is 2.56 bits per heavy atom. The quantitative estimate of drug-likeness (QED) is 0.411. The molecule has 3 unspecified atom stereocenters. The second kappa shape index (κ2) is 9.06. The summed E-state index contributed by atoms with van der Waals surface area (Å²) in [7, 11) is 0. The van der Waals surface area contributed by atoms with Gasteiger partial charge in [-0.2, -0.15) is 13.2 Å². The molecule has 0 saturated heterocycles. The summed E-state index contributed by atoms with van der Waals surface area (Å²) < 4.78 is 40.1. The van der Waals surface area contributed by atoms with Crippen LogP contribution in [0.1, 0.15) is 40.8 Å². The molecule has 2 aromatic rings. The van der Waals surface area contributed by atoms with Crippen LogP contribution >= 0.6 is 11.8 Å². The summed E-state index contributed by atoms with van der Waals surface area (Å²) in [4.78, 5) is 3.50. The van der Waals surface area contributed by atoms with Gasteiger partial charge in [0.05, 0.1) is 10.6 Å². The lowest BCUT2D eigenvalue weighted by atomic mass is 9.80. The van der Waals surface area contributed by atoms with Crippen molar-refractivity contribution in [1.29, 1.82) is 0 Å². The smallest absolute Gasteiger partial charge is 0.353 e. The van der Waals surface area contributed by atoms with E-state index in [-0.39, 0.29) is 11.8 Å². The number of aromatic amines is 1. The molecule has 0 fully saturated rings. The van der Waals surface area contributed by atoms with Gasteiger partial charge in [-0.05, 0) is 89.5 Å². The maximum Gasteiger partial charge on any atom is 0.416 e. The average molecular weight is 540 g/mol. The van der Waals surface area contributed by atoms with Crippen molar-refractivity contribution in [2.75, 3.05) is 0 Å². The summed E-state index contributed by atoms with van der Waals surface area (Å²) in [6.45, 7) is 3.83. The number of halogens is 3.